The first-order chi connectivity index (χ1) is 9.81. The normalized spacial score (nSPS) is 12.1. The van der Waals surface area contributed by atoms with Crippen molar-refractivity contribution in [3.8, 4) is 0 Å². The summed E-state index contributed by atoms with van der Waals surface area (Å²) in [6.45, 7) is 2.26. The Balaban J connectivity index is 2.12. The highest BCUT2D eigenvalue weighted by atomic mass is 127. The topological polar surface area (TPSA) is 12.0 Å². The van der Waals surface area contributed by atoms with Crippen LogP contribution in [0.1, 0.15) is 44.2 Å². The second-order valence-electron chi connectivity index (χ2n) is 5.08. The van der Waals surface area contributed by atoms with Crippen molar-refractivity contribution in [1.82, 2.24) is 0 Å². The van der Waals surface area contributed by atoms with Crippen molar-refractivity contribution in [2.45, 2.75) is 38.6 Å². The van der Waals surface area contributed by atoms with E-state index in [4.69, 9.17) is 0 Å². The Hall–Kier alpha value is -1.03. The molecule has 20 heavy (non-hydrogen) atoms. The van der Waals surface area contributed by atoms with E-state index >= 15 is 0 Å². The van der Waals surface area contributed by atoms with Crippen LogP contribution in [0, 0.1) is 3.57 Å². The van der Waals surface area contributed by atoms with Crippen molar-refractivity contribution in [2.75, 3.05) is 5.32 Å². The zero-order chi connectivity index (χ0) is 14.2. The molecule has 0 aliphatic carbocycles. The summed E-state index contributed by atoms with van der Waals surface area (Å²) in [4.78, 5) is 0. The molecule has 0 spiro atoms. The molecule has 0 amide bonds. The second kappa shape index (κ2) is 8.30. The van der Waals surface area contributed by atoms with Gasteiger partial charge in [-0.2, -0.15) is 0 Å². The summed E-state index contributed by atoms with van der Waals surface area (Å²) in [7, 11) is 0. The third-order valence-corrected chi connectivity index (χ3v) is 4.44. The molecule has 0 saturated carbocycles. The maximum atomic E-state index is 3.71. The number of hydrogen-bond donors (Lipinski definition) is 1. The molecule has 0 bridgehead atoms. The molecule has 0 aliphatic heterocycles. The summed E-state index contributed by atoms with van der Waals surface area (Å²) >= 11 is 2.40. The number of nitrogens with one attached hydrogen (secondary N) is 1. The van der Waals surface area contributed by atoms with Crippen LogP contribution >= 0.6 is 22.6 Å². The maximum Gasteiger partial charge on any atom is 0.0514 e. The third kappa shape index (κ3) is 4.51. The lowest BCUT2D eigenvalue weighted by molar-refractivity contribution is 0.606. The van der Waals surface area contributed by atoms with Crippen molar-refractivity contribution in [3.05, 3.63) is 63.7 Å². The average Bonchev–Trinajstić information content (AvgIpc) is 2.49. The molecular weight excluding hydrogens is 357 g/mol. The van der Waals surface area contributed by atoms with Gasteiger partial charge in [-0.05, 0) is 46.7 Å². The van der Waals surface area contributed by atoms with Crippen molar-refractivity contribution >= 4 is 28.3 Å². The van der Waals surface area contributed by atoms with E-state index in [-0.39, 0.29) is 0 Å². The fourth-order valence-electron chi connectivity index (χ4n) is 2.37. The lowest BCUT2D eigenvalue weighted by Gasteiger charge is -2.21. The summed E-state index contributed by atoms with van der Waals surface area (Å²) in [5.41, 5.74) is 2.61. The van der Waals surface area contributed by atoms with Crippen LogP contribution in [-0.4, -0.2) is 0 Å². The molecule has 1 atom stereocenters. The van der Waals surface area contributed by atoms with E-state index in [9.17, 15) is 0 Å². The molecule has 1 N–H and O–H groups in total. The number of halogens is 1. The van der Waals surface area contributed by atoms with Gasteiger partial charge in [0.25, 0.3) is 0 Å². The van der Waals surface area contributed by atoms with Crippen molar-refractivity contribution in [2.24, 2.45) is 0 Å². The largest absolute Gasteiger partial charge is 0.377 e. The lowest BCUT2D eigenvalue weighted by Crippen LogP contribution is -2.11. The Morgan fingerprint density at radius 1 is 0.950 bits per heavy atom. The first-order valence-electron chi connectivity index (χ1n) is 7.37. The van der Waals surface area contributed by atoms with Gasteiger partial charge in [0.2, 0.25) is 0 Å². The Morgan fingerprint density at radius 2 is 1.65 bits per heavy atom. The summed E-state index contributed by atoms with van der Waals surface area (Å²) < 4.78 is 1.28. The molecule has 2 heteroatoms. The fourth-order valence-corrected chi connectivity index (χ4v) is 2.92. The van der Waals surface area contributed by atoms with Gasteiger partial charge in [-0.3, -0.25) is 0 Å². The molecule has 2 aromatic carbocycles. The Bertz CT molecular complexity index is 510. The fraction of sp³-hybridized carbons (Fsp3) is 0.333. The molecule has 0 heterocycles. The molecule has 106 valence electrons. The quantitative estimate of drug-likeness (QED) is 0.458. The highest BCUT2D eigenvalue weighted by Gasteiger charge is 2.11. The van der Waals surface area contributed by atoms with Crippen LogP contribution in [0.2, 0.25) is 0 Å². The number of rotatable bonds is 7. The van der Waals surface area contributed by atoms with Crippen LogP contribution in [0.4, 0.5) is 5.69 Å². The molecule has 2 aromatic rings. The van der Waals surface area contributed by atoms with Gasteiger partial charge in [0.1, 0.15) is 0 Å². The van der Waals surface area contributed by atoms with Crippen molar-refractivity contribution < 1.29 is 0 Å². The molecule has 0 aliphatic rings. The van der Waals surface area contributed by atoms with E-state index in [0.717, 1.165) is 0 Å². The first-order valence-corrected chi connectivity index (χ1v) is 8.45. The SMILES string of the molecule is CCCCCC(Nc1ccccc1I)c1ccccc1. The minimum atomic E-state index is 0.402. The van der Waals surface area contributed by atoms with E-state index in [1.54, 1.807) is 0 Å². The summed E-state index contributed by atoms with van der Waals surface area (Å²) in [6.07, 6.45) is 5.02. The van der Waals surface area contributed by atoms with Crippen LogP contribution in [0.5, 0.6) is 0 Å². The third-order valence-electron chi connectivity index (χ3n) is 3.50. The zero-order valence-corrected chi connectivity index (χ0v) is 14.1. The van der Waals surface area contributed by atoms with Gasteiger partial charge in [0.15, 0.2) is 0 Å². The molecule has 0 radical (unpaired) electrons. The van der Waals surface area contributed by atoms with Gasteiger partial charge in [0, 0.05) is 9.26 Å². The van der Waals surface area contributed by atoms with Crippen molar-refractivity contribution in [1.29, 1.82) is 0 Å². The van der Waals surface area contributed by atoms with Gasteiger partial charge in [-0.15, -0.1) is 0 Å². The van der Waals surface area contributed by atoms with Gasteiger partial charge in [0.05, 0.1) is 6.04 Å². The van der Waals surface area contributed by atoms with E-state index < -0.39 is 0 Å². The Kier molecular flexibility index (Phi) is 6.37. The van der Waals surface area contributed by atoms with E-state index in [1.807, 2.05) is 0 Å². The van der Waals surface area contributed by atoms with Crippen LogP contribution in [0.25, 0.3) is 0 Å². The maximum absolute atomic E-state index is 3.71. The minimum absolute atomic E-state index is 0.402. The number of anilines is 1. The molecule has 1 nitrogen and oxygen atoms in total. The molecular formula is C18H22IN. The van der Waals surface area contributed by atoms with Gasteiger partial charge >= 0.3 is 0 Å². The van der Waals surface area contributed by atoms with Gasteiger partial charge in [-0.1, -0.05) is 68.7 Å². The monoisotopic (exact) mass is 379 g/mol. The second-order valence-corrected chi connectivity index (χ2v) is 6.25. The minimum Gasteiger partial charge on any atom is -0.377 e. The smallest absolute Gasteiger partial charge is 0.0514 e. The molecule has 0 aromatic heterocycles. The summed E-state index contributed by atoms with van der Waals surface area (Å²) in [6, 6.07) is 19.7. The number of benzene rings is 2. The van der Waals surface area contributed by atoms with Crippen molar-refractivity contribution in [3.63, 3.8) is 0 Å². The Labute approximate surface area is 135 Å². The summed E-state index contributed by atoms with van der Waals surface area (Å²) in [5, 5.41) is 3.71. The highest BCUT2D eigenvalue weighted by molar-refractivity contribution is 14.1. The van der Waals surface area contributed by atoms with Crippen LogP contribution in [-0.2, 0) is 0 Å². The Morgan fingerprint density at radius 3 is 2.35 bits per heavy atom. The lowest BCUT2D eigenvalue weighted by atomic mass is 10.00. The standard InChI is InChI=1S/C18H22IN/c1-2-3-5-13-17(15-10-6-4-7-11-15)20-18-14-9-8-12-16(18)19/h4,6-12,14,17,20H,2-3,5,13H2,1H3. The van der Waals surface area contributed by atoms with Crippen LogP contribution in [0.15, 0.2) is 54.6 Å². The van der Waals surface area contributed by atoms with Crippen LogP contribution in [0.3, 0.4) is 0 Å². The number of para-hydroxylation sites is 1. The zero-order valence-electron chi connectivity index (χ0n) is 12.0. The van der Waals surface area contributed by atoms with E-state index in [1.165, 1.54) is 40.5 Å². The van der Waals surface area contributed by atoms with E-state index in [2.05, 4.69) is 89.4 Å². The molecule has 0 saturated heterocycles. The highest BCUT2D eigenvalue weighted by Crippen LogP contribution is 2.27. The summed E-state index contributed by atoms with van der Waals surface area (Å²) in [5.74, 6) is 0. The predicted molar refractivity (Wildman–Crippen MR) is 96.1 cm³/mol. The number of unbranched alkanes of at least 4 members (excludes halogenated alkanes) is 2. The van der Waals surface area contributed by atoms with Gasteiger partial charge in [-0.25, -0.2) is 0 Å². The first kappa shape index (κ1) is 15.4. The van der Waals surface area contributed by atoms with Crippen LogP contribution < -0.4 is 5.32 Å². The predicted octanol–water partition coefficient (Wildman–Crippen LogP) is 6.02. The van der Waals surface area contributed by atoms with E-state index in [0.29, 0.717) is 6.04 Å². The molecule has 1 unspecified atom stereocenters. The van der Waals surface area contributed by atoms with Gasteiger partial charge < -0.3 is 5.32 Å². The molecule has 2 rings (SSSR count). The molecule has 0 fully saturated rings. The average molecular weight is 379 g/mol. The number of hydrogen-bond acceptors (Lipinski definition) is 1.